The molecule has 1 unspecified atom stereocenters. The Labute approximate surface area is 114 Å². The molecule has 0 aliphatic carbocycles. The van der Waals surface area contributed by atoms with Crippen LogP contribution in [-0.4, -0.2) is 26.1 Å². The molecule has 1 heterocycles. The quantitative estimate of drug-likeness (QED) is 0.883. The molecule has 2 rings (SSSR count). The molecule has 1 aliphatic rings. The van der Waals surface area contributed by atoms with Crippen LogP contribution in [0, 0.1) is 12.8 Å². The van der Waals surface area contributed by atoms with Gasteiger partial charge in [-0.05, 0) is 43.7 Å². The topological polar surface area (TPSA) is 50.4 Å². The molecule has 1 aromatic rings. The van der Waals surface area contributed by atoms with Crippen molar-refractivity contribution in [3.8, 4) is 5.75 Å². The van der Waals surface area contributed by atoms with Crippen molar-refractivity contribution in [2.45, 2.75) is 13.3 Å². The molecule has 1 saturated heterocycles. The summed E-state index contributed by atoms with van der Waals surface area (Å²) < 4.78 is 5.13. The summed E-state index contributed by atoms with van der Waals surface area (Å²) in [6.45, 7) is 3.67. The average Bonchev–Trinajstić information content (AvgIpc) is 2.85. The first kappa shape index (κ1) is 14.8. The largest absolute Gasteiger partial charge is 0.497 e. The van der Waals surface area contributed by atoms with Crippen molar-refractivity contribution in [3.63, 3.8) is 0 Å². The number of carbonyl (C=O) groups is 1. The number of benzene rings is 1. The maximum Gasteiger partial charge on any atom is 0.228 e. The molecule has 2 N–H and O–H groups in total. The fraction of sp³-hybridized carbons (Fsp3) is 0.462. The van der Waals surface area contributed by atoms with Gasteiger partial charge in [-0.25, -0.2) is 0 Å². The molecule has 5 heteroatoms. The predicted octanol–water partition coefficient (Wildman–Crippen LogP) is 1.97. The molecule has 1 aromatic carbocycles. The average molecular weight is 271 g/mol. The maximum atomic E-state index is 11.9. The fourth-order valence-electron chi connectivity index (χ4n) is 2.02. The van der Waals surface area contributed by atoms with Crippen molar-refractivity contribution < 1.29 is 9.53 Å². The number of hydrogen-bond acceptors (Lipinski definition) is 3. The Morgan fingerprint density at radius 2 is 2.28 bits per heavy atom. The zero-order chi connectivity index (χ0) is 12.3. The van der Waals surface area contributed by atoms with E-state index in [0.717, 1.165) is 36.5 Å². The molecule has 1 amide bonds. The molecule has 18 heavy (non-hydrogen) atoms. The molecular weight excluding hydrogens is 252 g/mol. The van der Waals surface area contributed by atoms with Gasteiger partial charge in [-0.3, -0.25) is 4.79 Å². The smallest absolute Gasteiger partial charge is 0.228 e. The zero-order valence-electron chi connectivity index (χ0n) is 10.7. The normalized spacial score (nSPS) is 18.0. The van der Waals surface area contributed by atoms with Crippen LogP contribution in [-0.2, 0) is 4.79 Å². The van der Waals surface area contributed by atoms with Crippen LogP contribution in [0.25, 0.3) is 0 Å². The van der Waals surface area contributed by atoms with Crippen molar-refractivity contribution >= 4 is 24.0 Å². The number of methoxy groups -OCH3 is 1. The molecule has 0 spiro atoms. The minimum Gasteiger partial charge on any atom is -0.497 e. The molecule has 1 fully saturated rings. The SMILES string of the molecule is COc1ccc(NC(=O)C2CCNC2)c(C)c1.Cl. The van der Waals surface area contributed by atoms with Gasteiger partial charge in [0.25, 0.3) is 0 Å². The molecule has 0 aromatic heterocycles. The van der Waals surface area contributed by atoms with E-state index < -0.39 is 0 Å². The van der Waals surface area contributed by atoms with Gasteiger partial charge in [0, 0.05) is 12.2 Å². The van der Waals surface area contributed by atoms with E-state index in [-0.39, 0.29) is 24.2 Å². The van der Waals surface area contributed by atoms with Crippen LogP contribution in [0.4, 0.5) is 5.69 Å². The van der Waals surface area contributed by atoms with Gasteiger partial charge in [-0.15, -0.1) is 12.4 Å². The van der Waals surface area contributed by atoms with Crippen molar-refractivity contribution in [1.29, 1.82) is 0 Å². The molecule has 0 saturated carbocycles. The number of anilines is 1. The number of rotatable bonds is 3. The minimum absolute atomic E-state index is 0. The highest BCUT2D eigenvalue weighted by Gasteiger charge is 2.22. The Hall–Kier alpha value is -1.26. The van der Waals surface area contributed by atoms with Gasteiger partial charge in [0.2, 0.25) is 5.91 Å². The van der Waals surface area contributed by atoms with Crippen LogP contribution in [0.15, 0.2) is 18.2 Å². The second-order valence-corrected chi connectivity index (χ2v) is 4.36. The van der Waals surface area contributed by atoms with Crippen LogP contribution >= 0.6 is 12.4 Å². The second kappa shape index (κ2) is 6.61. The van der Waals surface area contributed by atoms with Crippen LogP contribution < -0.4 is 15.4 Å². The van der Waals surface area contributed by atoms with Gasteiger partial charge < -0.3 is 15.4 Å². The third kappa shape index (κ3) is 3.37. The third-order valence-electron chi connectivity index (χ3n) is 3.12. The highest BCUT2D eigenvalue weighted by atomic mass is 35.5. The van der Waals surface area contributed by atoms with Gasteiger partial charge in [-0.2, -0.15) is 0 Å². The number of nitrogens with one attached hydrogen (secondary N) is 2. The Bertz CT molecular complexity index is 417. The second-order valence-electron chi connectivity index (χ2n) is 4.36. The number of ether oxygens (including phenoxy) is 1. The Balaban J connectivity index is 0.00000162. The Kier molecular flexibility index (Phi) is 5.44. The summed E-state index contributed by atoms with van der Waals surface area (Å²) in [7, 11) is 1.64. The number of hydrogen-bond donors (Lipinski definition) is 2. The van der Waals surface area contributed by atoms with Crippen molar-refractivity contribution in [2.24, 2.45) is 5.92 Å². The van der Waals surface area contributed by atoms with Crippen molar-refractivity contribution in [1.82, 2.24) is 5.32 Å². The standard InChI is InChI=1S/C13H18N2O2.ClH/c1-9-7-11(17-2)3-4-12(9)15-13(16)10-5-6-14-8-10;/h3-4,7,10,14H,5-6,8H2,1-2H3,(H,15,16);1H. The summed E-state index contributed by atoms with van der Waals surface area (Å²) in [4.78, 5) is 11.9. The van der Waals surface area contributed by atoms with Gasteiger partial charge >= 0.3 is 0 Å². The summed E-state index contributed by atoms with van der Waals surface area (Å²) in [6, 6.07) is 5.66. The molecule has 0 radical (unpaired) electrons. The first-order valence-electron chi connectivity index (χ1n) is 5.87. The summed E-state index contributed by atoms with van der Waals surface area (Å²) in [6.07, 6.45) is 0.918. The van der Waals surface area contributed by atoms with E-state index in [1.165, 1.54) is 0 Å². The molecule has 100 valence electrons. The van der Waals surface area contributed by atoms with Crippen molar-refractivity contribution in [2.75, 3.05) is 25.5 Å². The third-order valence-corrected chi connectivity index (χ3v) is 3.12. The zero-order valence-corrected chi connectivity index (χ0v) is 11.5. The lowest BCUT2D eigenvalue weighted by atomic mass is 10.1. The summed E-state index contributed by atoms with van der Waals surface area (Å²) in [5.41, 5.74) is 1.88. The minimum atomic E-state index is 0. The van der Waals surface area contributed by atoms with E-state index in [4.69, 9.17) is 4.74 Å². The lowest BCUT2D eigenvalue weighted by Gasteiger charge is -2.12. The molecule has 4 nitrogen and oxygen atoms in total. The molecule has 0 bridgehead atoms. The first-order chi connectivity index (χ1) is 8.20. The molecular formula is C13H19ClN2O2. The predicted molar refractivity (Wildman–Crippen MR) is 74.6 cm³/mol. The van der Waals surface area contributed by atoms with Crippen LogP contribution in [0.2, 0.25) is 0 Å². The van der Waals surface area contributed by atoms with Crippen LogP contribution in [0.5, 0.6) is 5.75 Å². The monoisotopic (exact) mass is 270 g/mol. The highest BCUT2D eigenvalue weighted by Crippen LogP contribution is 2.22. The van der Waals surface area contributed by atoms with E-state index in [2.05, 4.69) is 10.6 Å². The highest BCUT2D eigenvalue weighted by molar-refractivity contribution is 5.93. The van der Waals surface area contributed by atoms with Gasteiger partial charge in [0.15, 0.2) is 0 Å². The number of carbonyl (C=O) groups excluding carboxylic acids is 1. The Morgan fingerprint density at radius 3 is 2.83 bits per heavy atom. The molecule has 1 atom stereocenters. The van der Waals surface area contributed by atoms with E-state index in [1.54, 1.807) is 7.11 Å². The van der Waals surface area contributed by atoms with E-state index >= 15 is 0 Å². The summed E-state index contributed by atoms with van der Waals surface area (Å²) in [5, 5.41) is 6.16. The Morgan fingerprint density at radius 1 is 1.50 bits per heavy atom. The van der Waals surface area contributed by atoms with Gasteiger partial charge in [0.05, 0.1) is 13.0 Å². The lowest BCUT2D eigenvalue weighted by Crippen LogP contribution is -2.24. The lowest BCUT2D eigenvalue weighted by molar-refractivity contribution is -0.119. The number of amides is 1. The maximum absolute atomic E-state index is 11.9. The summed E-state index contributed by atoms with van der Waals surface area (Å²) >= 11 is 0. The first-order valence-corrected chi connectivity index (χ1v) is 5.87. The van der Waals surface area contributed by atoms with Crippen LogP contribution in [0.3, 0.4) is 0 Å². The fourth-order valence-corrected chi connectivity index (χ4v) is 2.02. The van der Waals surface area contributed by atoms with E-state index in [0.29, 0.717) is 0 Å². The molecule has 1 aliphatic heterocycles. The number of halogens is 1. The van der Waals surface area contributed by atoms with Crippen LogP contribution in [0.1, 0.15) is 12.0 Å². The van der Waals surface area contributed by atoms with E-state index in [1.807, 2.05) is 25.1 Å². The number of aryl methyl sites for hydroxylation is 1. The van der Waals surface area contributed by atoms with Gasteiger partial charge in [-0.1, -0.05) is 0 Å². The summed E-state index contributed by atoms with van der Waals surface area (Å²) in [5.74, 6) is 1.00. The van der Waals surface area contributed by atoms with Crippen molar-refractivity contribution in [3.05, 3.63) is 23.8 Å². The van der Waals surface area contributed by atoms with E-state index in [9.17, 15) is 4.79 Å². The van der Waals surface area contributed by atoms with Gasteiger partial charge in [0.1, 0.15) is 5.75 Å².